The quantitative estimate of drug-likeness (QED) is 0.478. The van der Waals surface area contributed by atoms with Crippen LogP contribution in [0.2, 0.25) is 0 Å². The molecule has 0 aliphatic heterocycles. The molecular formula is C26H22N2O2. The Hall–Kier alpha value is -3.92. The fourth-order valence-electron chi connectivity index (χ4n) is 3.36. The molecule has 4 aromatic rings. The lowest BCUT2D eigenvalue weighted by Crippen LogP contribution is -2.33. The van der Waals surface area contributed by atoms with Gasteiger partial charge in [-0.1, -0.05) is 78.9 Å². The summed E-state index contributed by atoms with van der Waals surface area (Å²) < 4.78 is 5.90. The van der Waals surface area contributed by atoms with Crippen molar-refractivity contribution >= 4 is 5.91 Å². The summed E-state index contributed by atoms with van der Waals surface area (Å²) in [5.41, 5.74) is 3.98. The molecule has 4 rings (SSSR count). The summed E-state index contributed by atoms with van der Waals surface area (Å²) in [7, 11) is 0. The van der Waals surface area contributed by atoms with Crippen LogP contribution in [0.1, 0.15) is 17.2 Å². The minimum Gasteiger partial charge on any atom is -0.483 e. The maximum Gasteiger partial charge on any atom is 0.258 e. The zero-order valence-electron chi connectivity index (χ0n) is 16.4. The van der Waals surface area contributed by atoms with Crippen LogP contribution in [0, 0.1) is 0 Å². The molecular weight excluding hydrogens is 372 g/mol. The summed E-state index contributed by atoms with van der Waals surface area (Å²) in [6, 6.07) is 31.2. The third-order valence-electron chi connectivity index (χ3n) is 4.81. The van der Waals surface area contributed by atoms with Crippen LogP contribution in [0.5, 0.6) is 5.75 Å². The number of hydrogen-bond donors (Lipinski definition) is 1. The highest BCUT2D eigenvalue weighted by Gasteiger charge is 2.17. The molecule has 3 aromatic carbocycles. The Bertz CT molecular complexity index is 1040. The maximum atomic E-state index is 12.8. The van der Waals surface area contributed by atoms with Gasteiger partial charge in [-0.15, -0.1) is 0 Å². The van der Waals surface area contributed by atoms with Crippen LogP contribution in [0.25, 0.3) is 11.1 Å². The molecule has 4 nitrogen and oxygen atoms in total. The molecule has 1 N–H and O–H groups in total. The molecule has 1 heterocycles. The van der Waals surface area contributed by atoms with Crippen LogP contribution in [0.3, 0.4) is 0 Å². The Morgan fingerprint density at radius 3 is 2.10 bits per heavy atom. The molecule has 4 heteroatoms. The molecule has 0 aliphatic rings. The monoisotopic (exact) mass is 394 g/mol. The number of nitrogens with one attached hydrogen (secondary N) is 1. The number of amides is 1. The fraction of sp³-hybridized carbons (Fsp3) is 0.0769. The van der Waals surface area contributed by atoms with Crippen LogP contribution in [-0.4, -0.2) is 17.5 Å². The zero-order valence-corrected chi connectivity index (χ0v) is 16.4. The standard InChI is InChI=1S/C26H22N2O2/c29-25(19-30-24-14-8-7-13-23(24)20-9-3-1-4-10-20)28-26(21-11-5-2-6-12-21)22-15-17-27-18-16-22/h1-18,26H,19H2,(H,28,29)/t26-/m0/s1. The minimum atomic E-state index is -0.269. The lowest BCUT2D eigenvalue weighted by molar-refractivity contribution is -0.123. The van der Waals surface area contributed by atoms with E-state index in [9.17, 15) is 4.79 Å². The van der Waals surface area contributed by atoms with Gasteiger partial charge in [0.25, 0.3) is 5.91 Å². The van der Waals surface area contributed by atoms with Gasteiger partial charge < -0.3 is 10.1 Å². The summed E-state index contributed by atoms with van der Waals surface area (Å²) in [6.07, 6.45) is 3.45. The first-order valence-electron chi connectivity index (χ1n) is 9.83. The van der Waals surface area contributed by atoms with E-state index in [0.29, 0.717) is 5.75 Å². The van der Waals surface area contributed by atoms with Crippen molar-refractivity contribution in [2.45, 2.75) is 6.04 Å². The van der Waals surface area contributed by atoms with Gasteiger partial charge in [0, 0.05) is 18.0 Å². The van der Waals surface area contributed by atoms with Crippen LogP contribution >= 0.6 is 0 Å². The van der Waals surface area contributed by atoms with E-state index < -0.39 is 0 Å². The molecule has 0 saturated heterocycles. The van der Waals surface area contributed by atoms with E-state index >= 15 is 0 Å². The minimum absolute atomic E-state index is 0.0712. The first-order chi connectivity index (χ1) is 14.8. The summed E-state index contributed by atoms with van der Waals surface area (Å²) in [6.45, 7) is -0.0712. The summed E-state index contributed by atoms with van der Waals surface area (Å²) in [5.74, 6) is 0.488. The van der Waals surface area contributed by atoms with Gasteiger partial charge in [-0.05, 0) is 34.9 Å². The van der Waals surface area contributed by atoms with Crippen LogP contribution in [0.4, 0.5) is 0 Å². The van der Waals surface area contributed by atoms with Crippen molar-refractivity contribution < 1.29 is 9.53 Å². The van der Waals surface area contributed by atoms with Crippen LogP contribution in [-0.2, 0) is 4.79 Å². The first kappa shape index (κ1) is 19.4. The highest BCUT2D eigenvalue weighted by Crippen LogP contribution is 2.29. The number of pyridine rings is 1. The average molecular weight is 394 g/mol. The van der Waals surface area contributed by atoms with Crippen molar-refractivity contribution in [1.29, 1.82) is 0 Å². The predicted octanol–water partition coefficient (Wildman–Crippen LogP) is 5.03. The number of carbonyl (C=O) groups excluding carboxylic acids is 1. The number of para-hydroxylation sites is 1. The Morgan fingerprint density at radius 1 is 0.767 bits per heavy atom. The van der Waals surface area contributed by atoms with Crippen molar-refractivity contribution in [1.82, 2.24) is 10.3 Å². The van der Waals surface area contributed by atoms with Gasteiger partial charge >= 0.3 is 0 Å². The Balaban J connectivity index is 1.49. The Morgan fingerprint density at radius 2 is 1.37 bits per heavy atom. The lowest BCUT2D eigenvalue weighted by Gasteiger charge is -2.20. The molecule has 0 saturated carbocycles. The normalized spacial score (nSPS) is 11.5. The molecule has 0 aliphatic carbocycles. The zero-order chi connectivity index (χ0) is 20.6. The first-order valence-corrected chi connectivity index (χ1v) is 9.83. The fourth-order valence-corrected chi connectivity index (χ4v) is 3.36. The van der Waals surface area contributed by atoms with Gasteiger partial charge in [0.2, 0.25) is 0 Å². The predicted molar refractivity (Wildman–Crippen MR) is 118 cm³/mol. The number of nitrogens with zero attached hydrogens (tertiary/aromatic N) is 1. The van der Waals surface area contributed by atoms with E-state index in [-0.39, 0.29) is 18.6 Å². The van der Waals surface area contributed by atoms with E-state index in [4.69, 9.17) is 4.74 Å². The van der Waals surface area contributed by atoms with Gasteiger partial charge in [0.1, 0.15) is 5.75 Å². The molecule has 0 spiro atoms. The largest absolute Gasteiger partial charge is 0.483 e. The third kappa shape index (κ3) is 4.73. The van der Waals surface area contributed by atoms with E-state index in [0.717, 1.165) is 22.3 Å². The average Bonchev–Trinajstić information content (AvgIpc) is 2.83. The molecule has 0 fully saturated rings. The molecule has 0 unspecified atom stereocenters. The molecule has 0 radical (unpaired) electrons. The second-order valence-corrected chi connectivity index (χ2v) is 6.84. The van der Waals surface area contributed by atoms with Gasteiger partial charge in [0.05, 0.1) is 6.04 Å². The number of hydrogen-bond acceptors (Lipinski definition) is 3. The second-order valence-electron chi connectivity index (χ2n) is 6.84. The third-order valence-corrected chi connectivity index (χ3v) is 4.81. The number of aromatic nitrogens is 1. The van der Waals surface area contributed by atoms with Crippen LogP contribution in [0.15, 0.2) is 109 Å². The van der Waals surface area contributed by atoms with E-state index in [2.05, 4.69) is 10.3 Å². The van der Waals surface area contributed by atoms with Crippen molar-refractivity contribution in [3.63, 3.8) is 0 Å². The van der Waals surface area contributed by atoms with Crippen molar-refractivity contribution in [2.24, 2.45) is 0 Å². The molecule has 1 atom stereocenters. The Kier molecular flexibility index (Phi) is 6.16. The van der Waals surface area contributed by atoms with Gasteiger partial charge in [-0.3, -0.25) is 9.78 Å². The number of rotatable bonds is 7. The lowest BCUT2D eigenvalue weighted by atomic mass is 10.00. The molecule has 30 heavy (non-hydrogen) atoms. The SMILES string of the molecule is O=C(COc1ccccc1-c1ccccc1)N[C@@H](c1ccccc1)c1ccncc1. The van der Waals surface area contributed by atoms with Gasteiger partial charge in [0.15, 0.2) is 6.61 Å². The van der Waals surface area contributed by atoms with Crippen LogP contribution < -0.4 is 10.1 Å². The summed E-state index contributed by atoms with van der Waals surface area (Å²) in [4.78, 5) is 16.8. The van der Waals surface area contributed by atoms with Crippen molar-refractivity contribution in [3.8, 4) is 16.9 Å². The topological polar surface area (TPSA) is 51.2 Å². The Labute approximate surface area is 176 Å². The number of carbonyl (C=O) groups is 1. The van der Waals surface area contributed by atoms with E-state index in [1.165, 1.54) is 0 Å². The van der Waals surface area contributed by atoms with Crippen molar-refractivity contribution in [3.05, 3.63) is 121 Å². The molecule has 0 bridgehead atoms. The highest BCUT2D eigenvalue weighted by atomic mass is 16.5. The highest BCUT2D eigenvalue weighted by molar-refractivity contribution is 5.79. The summed E-state index contributed by atoms with van der Waals surface area (Å²) in [5, 5.41) is 3.09. The smallest absolute Gasteiger partial charge is 0.258 e. The molecule has 1 aromatic heterocycles. The number of benzene rings is 3. The van der Waals surface area contributed by atoms with Crippen molar-refractivity contribution in [2.75, 3.05) is 6.61 Å². The van der Waals surface area contributed by atoms with E-state index in [1.54, 1.807) is 12.4 Å². The van der Waals surface area contributed by atoms with E-state index in [1.807, 2.05) is 97.1 Å². The maximum absolute atomic E-state index is 12.8. The number of ether oxygens (including phenoxy) is 1. The molecule has 148 valence electrons. The molecule has 1 amide bonds. The van der Waals surface area contributed by atoms with Gasteiger partial charge in [-0.2, -0.15) is 0 Å². The summed E-state index contributed by atoms with van der Waals surface area (Å²) >= 11 is 0. The van der Waals surface area contributed by atoms with Gasteiger partial charge in [-0.25, -0.2) is 0 Å². The second kappa shape index (κ2) is 9.52.